The van der Waals surface area contributed by atoms with Crippen LogP contribution in [0.3, 0.4) is 0 Å². The summed E-state index contributed by atoms with van der Waals surface area (Å²) in [5.41, 5.74) is 0. The Bertz CT molecular complexity index is 1520. The highest BCUT2D eigenvalue weighted by molar-refractivity contribution is 5.71. The van der Waals surface area contributed by atoms with Crippen molar-refractivity contribution >= 4 is 17.9 Å². The molecular formula is C77H138O6. The summed E-state index contributed by atoms with van der Waals surface area (Å²) in [7, 11) is 0. The van der Waals surface area contributed by atoms with E-state index in [9.17, 15) is 14.4 Å². The molecule has 0 rings (SSSR count). The predicted octanol–water partition coefficient (Wildman–Crippen LogP) is 25.2. The first-order valence-electron chi connectivity index (χ1n) is 36.4. The molecule has 0 fully saturated rings. The molecule has 0 bridgehead atoms. The van der Waals surface area contributed by atoms with Crippen molar-refractivity contribution in [3.05, 3.63) is 72.9 Å². The van der Waals surface area contributed by atoms with Gasteiger partial charge in [-0.25, -0.2) is 0 Å². The molecule has 0 aromatic rings. The fourth-order valence-electron chi connectivity index (χ4n) is 10.8. The van der Waals surface area contributed by atoms with Crippen molar-refractivity contribution in [2.75, 3.05) is 13.2 Å². The van der Waals surface area contributed by atoms with E-state index >= 15 is 0 Å². The van der Waals surface area contributed by atoms with E-state index in [1.807, 2.05) is 0 Å². The lowest BCUT2D eigenvalue weighted by Crippen LogP contribution is -2.30. The zero-order valence-corrected chi connectivity index (χ0v) is 55.5. The smallest absolute Gasteiger partial charge is 0.306 e. The minimum atomic E-state index is -0.779. The van der Waals surface area contributed by atoms with Gasteiger partial charge in [-0.1, -0.05) is 344 Å². The van der Waals surface area contributed by atoms with Crippen molar-refractivity contribution in [2.24, 2.45) is 0 Å². The number of ether oxygens (including phenoxy) is 3. The Labute approximate surface area is 516 Å². The molecular weight excluding hydrogens is 1020 g/mol. The fourth-order valence-corrected chi connectivity index (χ4v) is 10.8. The van der Waals surface area contributed by atoms with Crippen LogP contribution in [0.25, 0.3) is 0 Å². The summed E-state index contributed by atoms with van der Waals surface area (Å²) in [6, 6.07) is 0. The van der Waals surface area contributed by atoms with Crippen molar-refractivity contribution in [2.45, 2.75) is 386 Å². The Hall–Kier alpha value is -3.15. The first kappa shape index (κ1) is 79.8. The average molecular weight is 1160 g/mol. The third kappa shape index (κ3) is 69.5. The topological polar surface area (TPSA) is 78.9 Å². The van der Waals surface area contributed by atoms with Crippen LogP contribution in [0.5, 0.6) is 0 Å². The van der Waals surface area contributed by atoms with Crippen LogP contribution in [0.1, 0.15) is 380 Å². The van der Waals surface area contributed by atoms with Gasteiger partial charge in [-0.15, -0.1) is 0 Å². The van der Waals surface area contributed by atoms with Crippen molar-refractivity contribution in [3.63, 3.8) is 0 Å². The molecule has 0 aliphatic carbocycles. The van der Waals surface area contributed by atoms with E-state index in [1.54, 1.807) is 0 Å². The number of unbranched alkanes of at least 4 members (excludes halogenated alkanes) is 44. The van der Waals surface area contributed by atoms with E-state index in [1.165, 1.54) is 231 Å². The lowest BCUT2D eigenvalue weighted by molar-refractivity contribution is -0.167. The average Bonchev–Trinajstić information content (AvgIpc) is 3.49. The molecule has 0 saturated heterocycles. The lowest BCUT2D eigenvalue weighted by atomic mass is 10.0. The largest absolute Gasteiger partial charge is 0.462 e. The van der Waals surface area contributed by atoms with Gasteiger partial charge < -0.3 is 14.2 Å². The lowest BCUT2D eigenvalue weighted by Gasteiger charge is -2.18. The van der Waals surface area contributed by atoms with E-state index in [4.69, 9.17) is 14.2 Å². The van der Waals surface area contributed by atoms with Gasteiger partial charge in [0.1, 0.15) is 13.2 Å². The molecule has 0 radical (unpaired) electrons. The van der Waals surface area contributed by atoms with Crippen molar-refractivity contribution in [1.29, 1.82) is 0 Å². The molecule has 0 amide bonds. The summed E-state index contributed by atoms with van der Waals surface area (Å²) in [6.07, 6.45) is 93.8. The SMILES string of the molecule is CC/C=C\C/C=C\C/C=C\C/C=C\CCCCCCCCCCCCCCCCCCCCCCCCC(=O)OCC(COC(=O)CCCCCCCCCCCCCCCC)OC(=O)CCCCCCC/C=C\C/C=C\CCCCCC. The van der Waals surface area contributed by atoms with Gasteiger partial charge in [0.2, 0.25) is 0 Å². The predicted molar refractivity (Wildman–Crippen MR) is 362 cm³/mol. The molecule has 6 nitrogen and oxygen atoms in total. The maximum Gasteiger partial charge on any atom is 0.306 e. The van der Waals surface area contributed by atoms with E-state index in [0.29, 0.717) is 19.3 Å². The standard InChI is InChI=1S/C77H138O6/c1-4-7-10-13-16-19-22-25-28-30-31-32-33-34-35-36-37-38-39-40-41-42-43-44-45-46-47-48-50-52-55-58-61-64-67-70-76(79)82-73-74(72-81-75(78)69-66-63-60-57-54-51-27-24-21-18-15-12-9-6-3)83-77(80)71-68-65-62-59-56-53-49-29-26-23-20-17-14-11-8-5-2/h7,10,16,19-20,23,25,28-29,31-32,49,74H,4-6,8-9,11-15,17-18,21-22,24,26-27,30,33-48,50-73H2,1-3H3/b10-7-,19-16-,23-20-,28-25-,32-31-,49-29-. The van der Waals surface area contributed by atoms with Gasteiger partial charge in [-0.2, -0.15) is 0 Å². The van der Waals surface area contributed by atoms with Crippen molar-refractivity contribution < 1.29 is 28.6 Å². The molecule has 0 aliphatic rings. The number of carbonyl (C=O) groups is 3. The fraction of sp³-hybridized carbons (Fsp3) is 0.805. The third-order valence-electron chi connectivity index (χ3n) is 16.2. The zero-order chi connectivity index (χ0) is 59.9. The maximum absolute atomic E-state index is 12.9. The number of allylic oxidation sites excluding steroid dienone is 12. The van der Waals surface area contributed by atoms with Crippen LogP contribution in [0.2, 0.25) is 0 Å². The second kappa shape index (κ2) is 71.3. The summed E-state index contributed by atoms with van der Waals surface area (Å²) in [6.45, 7) is 6.56. The van der Waals surface area contributed by atoms with Crippen LogP contribution in [0.15, 0.2) is 72.9 Å². The molecule has 0 aromatic heterocycles. The maximum atomic E-state index is 12.9. The molecule has 482 valence electrons. The van der Waals surface area contributed by atoms with E-state index in [-0.39, 0.29) is 31.1 Å². The monoisotopic (exact) mass is 1160 g/mol. The third-order valence-corrected chi connectivity index (χ3v) is 16.2. The summed E-state index contributed by atoms with van der Waals surface area (Å²) < 4.78 is 17.0. The first-order valence-corrected chi connectivity index (χ1v) is 36.4. The summed E-state index contributed by atoms with van der Waals surface area (Å²) in [5.74, 6) is -0.863. The van der Waals surface area contributed by atoms with E-state index < -0.39 is 6.10 Å². The Morgan fingerprint density at radius 3 is 0.747 bits per heavy atom. The van der Waals surface area contributed by atoms with Crippen molar-refractivity contribution in [1.82, 2.24) is 0 Å². The van der Waals surface area contributed by atoms with Crippen LogP contribution in [0, 0.1) is 0 Å². The van der Waals surface area contributed by atoms with Crippen LogP contribution in [-0.4, -0.2) is 37.2 Å². The highest BCUT2D eigenvalue weighted by atomic mass is 16.6. The number of hydrogen-bond donors (Lipinski definition) is 0. The summed E-state index contributed by atoms with van der Waals surface area (Å²) in [5, 5.41) is 0. The van der Waals surface area contributed by atoms with Crippen molar-refractivity contribution in [3.8, 4) is 0 Å². The minimum Gasteiger partial charge on any atom is -0.462 e. The normalized spacial score (nSPS) is 12.5. The van der Waals surface area contributed by atoms with E-state index in [0.717, 1.165) is 109 Å². The molecule has 83 heavy (non-hydrogen) atoms. The van der Waals surface area contributed by atoms with Gasteiger partial charge >= 0.3 is 17.9 Å². The molecule has 0 aliphatic heterocycles. The van der Waals surface area contributed by atoms with Gasteiger partial charge in [0, 0.05) is 19.3 Å². The first-order chi connectivity index (χ1) is 41.0. The molecule has 0 saturated carbocycles. The van der Waals surface area contributed by atoms with Crippen LogP contribution in [0.4, 0.5) is 0 Å². The Balaban J connectivity index is 4.11. The second-order valence-corrected chi connectivity index (χ2v) is 24.5. The number of esters is 3. The summed E-state index contributed by atoms with van der Waals surface area (Å²) >= 11 is 0. The minimum absolute atomic E-state index is 0.0744. The Kier molecular flexibility index (Phi) is 68.6. The Morgan fingerprint density at radius 2 is 0.470 bits per heavy atom. The molecule has 1 unspecified atom stereocenters. The van der Waals surface area contributed by atoms with Gasteiger partial charge in [-0.05, 0) is 89.9 Å². The van der Waals surface area contributed by atoms with Crippen LogP contribution >= 0.6 is 0 Å². The highest BCUT2D eigenvalue weighted by Gasteiger charge is 2.19. The van der Waals surface area contributed by atoms with Gasteiger partial charge in [-0.3, -0.25) is 14.4 Å². The number of rotatable bonds is 67. The number of carbonyl (C=O) groups excluding carboxylic acids is 3. The van der Waals surface area contributed by atoms with Gasteiger partial charge in [0.15, 0.2) is 6.10 Å². The molecule has 1 atom stereocenters. The quantitative estimate of drug-likeness (QED) is 0.0261. The Morgan fingerprint density at radius 1 is 0.253 bits per heavy atom. The van der Waals surface area contributed by atoms with Crippen LogP contribution < -0.4 is 0 Å². The second-order valence-electron chi connectivity index (χ2n) is 24.5. The summed E-state index contributed by atoms with van der Waals surface area (Å²) in [4.78, 5) is 38.4. The molecule has 0 aromatic carbocycles. The molecule has 0 N–H and O–H groups in total. The van der Waals surface area contributed by atoms with Crippen LogP contribution in [-0.2, 0) is 28.6 Å². The molecule has 6 heteroatoms. The van der Waals surface area contributed by atoms with Gasteiger partial charge in [0.05, 0.1) is 0 Å². The zero-order valence-electron chi connectivity index (χ0n) is 55.5. The highest BCUT2D eigenvalue weighted by Crippen LogP contribution is 2.18. The molecule has 0 spiro atoms. The molecule has 0 heterocycles. The van der Waals surface area contributed by atoms with E-state index in [2.05, 4.69) is 93.7 Å². The number of hydrogen-bond acceptors (Lipinski definition) is 6. The van der Waals surface area contributed by atoms with Gasteiger partial charge in [0.25, 0.3) is 0 Å².